The Morgan fingerprint density at radius 1 is 1.28 bits per heavy atom. The van der Waals surface area contributed by atoms with E-state index < -0.39 is 5.82 Å². The van der Waals surface area contributed by atoms with Crippen LogP contribution in [0.2, 0.25) is 0 Å². The first kappa shape index (κ1) is 11.7. The van der Waals surface area contributed by atoms with Crippen LogP contribution in [0.4, 0.5) is 4.39 Å². The zero-order valence-electron chi connectivity index (χ0n) is 9.42. The van der Waals surface area contributed by atoms with Gasteiger partial charge in [0.15, 0.2) is 23.0 Å². The average molecular weight is 242 g/mol. The fraction of sp³-hybridized carbons (Fsp3) is 0.182. The number of halogens is 1. The van der Waals surface area contributed by atoms with Gasteiger partial charge in [-0.25, -0.2) is 19.3 Å². The summed E-state index contributed by atoms with van der Waals surface area (Å²) in [5.74, 6) is -0.689. The second-order valence-corrected chi connectivity index (χ2v) is 3.35. The van der Waals surface area contributed by atoms with E-state index in [1.165, 1.54) is 12.7 Å². The molecule has 88 valence electrons. The fourth-order valence-corrected chi connectivity index (χ4v) is 1.51. The van der Waals surface area contributed by atoms with Crippen molar-refractivity contribution in [2.75, 3.05) is 0 Å². The Hall–Kier alpha value is -2.80. The quantitative estimate of drug-likeness (QED) is 0.786. The van der Waals surface area contributed by atoms with Crippen molar-refractivity contribution in [2.24, 2.45) is 0 Å². The normalized spacial score (nSPS) is 9.78. The highest BCUT2D eigenvalue weighted by atomic mass is 19.1. The van der Waals surface area contributed by atoms with Crippen LogP contribution in [-0.2, 0) is 6.42 Å². The second kappa shape index (κ2) is 4.60. The predicted octanol–water partition coefficient (Wildman–Crippen LogP) is 1.11. The number of nitrogens with zero attached hydrogens (tertiary/aromatic N) is 6. The lowest BCUT2D eigenvalue weighted by atomic mass is 10.3. The van der Waals surface area contributed by atoms with E-state index >= 15 is 0 Å². The van der Waals surface area contributed by atoms with Crippen LogP contribution in [0.25, 0.3) is 5.82 Å². The van der Waals surface area contributed by atoms with Gasteiger partial charge < -0.3 is 0 Å². The molecule has 0 aliphatic rings. The summed E-state index contributed by atoms with van der Waals surface area (Å²) in [6, 6.07) is 3.57. The molecule has 2 heterocycles. The summed E-state index contributed by atoms with van der Waals surface area (Å²) in [6.07, 6.45) is 2.81. The number of imidazole rings is 1. The van der Waals surface area contributed by atoms with Gasteiger partial charge in [-0.2, -0.15) is 10.5 Å². The molecule has 2 aromatic rings. The monoisotopic (exact) mass is 242 g/mol. The summed E-state index contributed by atoms with van der Waals surface area (Å²) in [7, 11) is 0. The maximum atomic E-state index is 14.0. The Morgan fingerprint density at radius 3 is 2.67 bits per heavy atom. The third-order valence-electron chi connectivity index (χ3n) is 2.39. The first-order chi connectivity index (χ1) is 8.72. The lowest BCUT2D eigenvalue weighted by Crippen LogP contribution is -2.07. The Labute approximate surface area is 102 Å². The van der Waals surface area contributed by atoms with Gasteiger partial charge >= 0.3 is 0 Å². The van der Waals surface area contributed by atoms with E-state index in [4.69, 9.17) is 10.5 Å². The molecular weight excluding hydrogens is 235 g/mol. The largest absolute Gasteiger partial charge is 0.270 e. The Bertz CT molecular complexity index is 676. The Balaban J connectivity index is 2.68. The molecule has 18 heavy (non-hydrogen) atoms. The van der Waals surface area contributed by atoms with E-state index in [0.29, 0.717) is 6.42 Å². The molecule has 0 bridgehead atoms. The van der Waals surface area contributed by atoms with Crippen molar-refractivity contribution in [3.8, 4) is 18.0 Å². The van der Waals surface area contributed by atoms with Gasteiger partial charge in [0.2, 0.25) is 0 Å². The molecule has 0 aliphatic carbocycles. The van der Waals surface area contributed by atoms with Gasteiger partial charge in [0, 0.05) is 0 Å². The molecule has 0 amide bonds. The minimum atomic E-state index is -0.613. The number of aryl methyl sites for hydroxylation is 1. The van der Waals surface area contributed by atoms with Crippen LogP contribution in [-0.4, -0.2) is 19.5 Å². The summed E-state index contributed by atoms with van der Waals surface area (Å²) >= 11 is 0. The molecule has 0 aromatic carbocycles. The van der Waals surface area contributed by atoms with Crippen molar-refractivity contribution in [1.29, 1.82) is 10.5 Å². The molecule has 0 fully saturated rings. The SMILES string of the molecule is CCc1ncnc(-n2cnc(C#N)c2C#N)c1F. The summed E-state index contributed by atoms with van der Waals surface area (Å²) in [5, 5.41) is 17.7. The highest BCUT2D eigenvalue weighted by Crippen LogP contribution is 2.16. The Morgan fingerprint density at radius 2 is 2.06 bits per heavy atom. The summed E-state index contributed by atoms with van der Waals surface area (Å²) in [6.45, 7) is 1.76. The van der Waals surface area contributed by atoms with Crippen molar-refractivity contribution < 1.29 is 4.39 Å². The summed E-state index contributed by atoms with van der Waals surface area (Å²) in [4.78, 5) is 11.3. The van der Waals surface area contributed by atoms with Crippen LogP contribution < -0.4 is 0 Å². The fourth-order valence-electron chi connectivity index (χ4n) is 1.51. The van der Waals surface area contributed by atoms with Gasteiger partial charge in [-0.05, 0) is 6.42 Å². The number of rotatable bonds is 2. The van der Waals surface area contributed by atoms with E-state index in [9.17, 15) is 4.39 Å². The van der Waals surface area contributed by atoms with Crippen LogP contribution >= 0.6 is 0 Å². The number of aromatic nitrogens is 4. The molecule has 2 aromatic heterocycles. The maximum Gasteiger partial charge on any atom is 0.187 e. The smallest absolute Gasteiger partial charge is 0.187 e. The highest BCUT2D eigenvalue weighted by molar-refractivity contribution is 5.42. The first-order valence-corrected chi connectivity index (χ1v) is 5.10. The zero-order chi connectivity index (χ0) is 13.1. The van der Waals surface area contributed by atoms with Crippen LogP contribution in [0.15, 0.2) is 12.7 Å². The molecule has 0 unspecified atom stereocenters. The van der Waals surface area contributed by atoms with Crippen LogP contribution in [0.1, 0.15) is 24.0 Å². The lowest BCUT2D eigenvalue weighted by molar-refractivity contribution is 0.581. The summed E-state index contributed by atoms with van der Waals surface area (Å²) < 4.78 is 15.2. The molecule has 0 spiro atoms. The standard InChI is InChI=1S/C11H7FN6/c1-2-7-10(12)11(16-5-15-7)18-6-17-8(3-13)9(18)4-14/h5-6H,2H2,1H3. The molecular formula is C11H7FN6. The third kappa shape index (κ3) is 1.68. The van der Waals surface area contributed by atoms with Crippen molar-refractivity contribution in [2.45, 2.75) is 13.3 Å². The molecule has 0 atom stereocenters. The van der Waals surface area contributed by atoms with Gasteiger partial charge in [0.25, 0.3) is 0 Å². The molecule has 0 saturated heterocycles. The number of nitriles is 2. The van der Waals surface area contributed by atoms with E-state index in [-0.39, 0.29) is 22.9 Å². The summed E-state index contributed by atoms with van der Waals surface area (Å²) in [5.41, 5.74) is 0.141. The molecule has 7 heteroatoms. The van der Waals surface area contributed by atoms with Crippen LogP contribution in [0.5, 0.6) is 0 Å². The maximum absolute atomic E-state index is 14.0. The molecule has 2 rings (SSSR count). The van der Waals surface area contributed by atoms with Crippen molar-refractivity contribution in [1.82, 2.24) is 19.5 Å². The van der Waals surface area contributed by atoms with Crippen molar-refractivity contribution in [3.63, 3.8) is 0 Å². The van der Waals surface area contributed by atoms with Crippen LogP contribution in [0.3, 0.4) is 0 Å². The average Bonchev–Trinajstić information content (AvgIpc) is 2.81. The highest BCUT2D eigenvalue weighted by Gasteiger charge is 2.17. The van der Waals surface area contributed by atoms with Gasteiger partial charge in [0.1, 0.15) is 24.8 Å². The predicted molar refractivity (Wildman–Crippen MR) is 57.9 cm³/mol. The molecule has 0 radical (unpaired) electrons. The van der Waals surface area contributed by atoms with E-state index in [1.54, 1.807) is 13.0 Å². The molecule has 0 aliphatic heterocycles. The van der Waals surface area contributed by atoms with Gasteiger partial charge in [-0.1, -0.05) is 6.92 Å². The van der Waals surface area contributed by atoms with Crippen LogP contribution in [0, 0.1) is 28.5 Å². The van der Waals surface area contributed by atoms with Gasteiger partial charge in [-0.3, -0.25) is 4.57 Å². The lowest BCUT2D eigenvalue weighted by Gasteiger charge is -2.06. The molecule has 6 nitrogen and oxygen atoms in total. The second-order valence-electron chi connectivity index (χ2n) is 3.35. The van der Waals surface area contributed by atoms with E-state index in [2.05, 4.69) is 15.0 Å². The van der Waals surface area contributed by atoms with Gasteiger partial charge in [-0.15, -0.1) is 0 Å². The topological polar surface area (TPSA) is 91.2 Å². The first-order valence-electron chi connectivity index (χ1n) is 5.10. The molecule has 0 saturated carbocycles. The number of hydrogen-bond donors (Lipinski definition) is 0. The number of hydrogen-bond acceptors (Lipinski definition) is 5. The minimum absolute atomic E-state index is 0.0443. The van der Waals surface area contributed by atoms with E-state index in [0.717, 1.165) is 4.57 Å². The third-order valence-corrected chi connectivity index (χ3v) is 2.39. The minimum Gasteiger partial charge on any atom is -0.270 e. The van der Waals surface area contributed by atoms with Crippen molar-refractivity contribution in [3.05, 3.63) is 35.6 Å². The van der Waals surface area contributed by atoms with E-state index in [1.807, 2.05) is 6.07 Å². The van der Waals surface area contributed by atoms with Gasteiger partial charge in [0.05, 0.1) is 5.69 Å². The Kier molecular flexibility index (Phi) is 2.98. The van der Waals surface area contributed by atoms with Crippen molar-refractivity contribution >= 4 is 0 Å². The molecule has 0 N–H and O–H groups in total. The zero-order valence-corrected chi connectivity index (χ0v) is 9.42.